The minimum atomic E-state index is -4.49. The first kappa shape index (κ1) is 19.4. The molecule has 1 heterocycles. The summed E-state index contributed by atoms with van der Waals surface area (Å²) in [5.74, 6) is -0.574. The van der Waals surface area contributed by atoms with Gasteiger partial charge in [-0.25, -0.2) is 4.39 Å². The summed E-state index contributed by atoms with van der Waals surface area (Å²) >= 11 is 0. The fraction of sp³-hybridized carbons (Fsp3) is 0.158. The monoisotopic (exact) mass is 392 g/mol. The van der Waals surface area contributed by atoms with E-state index in [9.17, 15) is 17.6 Å². The first-order valence-electron chi connectivity index (χ1n) is 8.31. The largest absolute Gasteiger partial charge is 0.416 e. The number of hydrogen-bond donors (Lipinski definition) is 2. The van der Waals surface area contributed by atoms with Gasteiger partial charge in [-0.3, -0.25) is 0 Å². The first-order valence-corrected chi connectivity index (χ1v) is 8.31. The molecule has 0 aliphatic heterocycles. The third-order valence-corrected chi connectivity index (χ3v) is 3.94. The lowest BCUT2D eigenvalue weighted by molar-refractivity contribution is -0.137. The Labute approximate surface area is 157 Å². The molecule has 9 heteroatoms. The van der Waals surface area contributed by atoms with Gasteiger partial charge in [0.15, 0.2) is 0 Å². The van der Waals surface area contributed by atoms with Crippen LogP contribution in [-0.4, -0.2) is 10.1 Å². The van der Waals surface area contributed by atoms with Crippen LogP contribution in [-0.2, 0) is 6.18 Å². The van der Waals surface area contributed by atoms with Crippen LogP contribution in [0, 0.1) is 5.82 Å². The summed E-state index contributed by atoms with van der Waals surface area (Å²) in [7, 11) is 0. The number of alkyl halides is 3. The van der Waals surface area contributed by atoms with Gasteiger partial charge >= 0.3 is 6.18 Å². The Morgan fingerprint density at radius 1 is 1.14 bits per heavy atom. The van der Waals surface area contributed by atoms with Crippen molar-refractivity contribution in [1.29, 1.82) is 0 Å². The zero-order valence-corrected chi connectivity index (χ0v) is 14.7. The summed E-state index contributed by atoms with van der Waals surface area (Å²) in [5.41, 5.74) is 6.11. The molecule has 28 heavy (non-hydrogen) atoms. The van der Waals surface area contributed by atoms with E-state index in [0.717, 1.165) is 12.1 Å². The van der Waals surface area contributed by atoms with Crippen LogP contribution >= 0.6 is 0 Å². The van der Waals surface area contributed by atoms with Crippen molar-refractivity contribution in [3.8, 4) is 11.4 Å². The number of aromatic nitrogens is 2. The molecular formula is C19H16F4N4O. The van der Waals surface area contributed by atoms with Crippen LogP contribution in [0.5, 0.6) is 0 Å². The van der Waals surface area contributed by atoms with E-state index in [4.69, 9.17) is 10.3 Å². The van der Waals surface area contributed by atoms with Crippen LogP contribution in [0.3, 0.4) is 0 Å². The highest BCUT2D eigenvalue weighted by Crippen LogP contribution is 2.31. The van der Waals surface area contributed by atoms with Gasteiger partial charge in [0.1, 0.15) is 11.5 Å². The van der Waals surface area contributed by atoms with E-state index in [1.54, 1.807) is 25.1 Å². The van der Waals surface area contributed by atoms with Gasteiger partial charge in [-0.1, -0.05) is 36.3 Å². The van der Waals surface area contributed by atoms with E-state index >= 15 is 0 Å². The van der Waals surface area contributed by atoms with Crippen molar-refractivity contribution < 1.29 is 22.1 Å². The van der Waals surface area contributed by atoms with Crippen molar-refractivity contribution in [1.82, 2.24) is 10.1 Å². The summed E-state index contributed by atoms with van der Waals surface area (Å²) in [5, 5.41) is 6.58. The summed E-state index contributed by atoms with van der Waals surface area (Å²) in [6, 6.07) is 10.6. The molecule has 0 atom stereocenters. The maximum atomic E-state index is 13.8. The Hall–Kier alpha value is -3.36. The number of nitrogens with zero attached hydrogens (tertiary/aromatic N) is 2. The van der Waals surface area contributed by atoms with Crippen LogP contribution in [0.2, 0.25) is 0 Å². The van der Waals surface area contributed by atoms with Gasteiger partial charge in [0.2, 0.25) is 5.82 Å². The highest BCUT2D eigenvalue weighted by molar-refractivity contribution is 5.66. The number of allylic oxidation sites excluding steroid dienone is 1. The lowest BCUT2D eigenvalue weighted by Crippen LogP contribution is -2.09. The highest BCUT2D eigenvalue weighted by Gasteiger charge is 2.30. The molecular weight excluding hydrogens is 376 g/mol. The molecule has 5 nitrogen and oxygen atoms in total. The van der Waals surface area contributed by atoms with E-state index in [1.807, 2.05) is 0 Å². The van der Waals surface area contributed by atoms with Crippen LogP contribution in [0.25, 0.3) is 17.1 Å². The van der Waals surface area contributed by atoms with E-state index < -0.39 is 17.6 Å². The molecule has 3 N–H and O–H groups in total. The molecule has 146 valence electrons. The number of anilines is 1. The standard InChI is InChI=1S/C19H16F4N4O/c1-2-14(25-15-9-4-3-8-13(15)20)16(24)18-26-17(27-28-18)11-6-5-7-12(10-11)19(21,22)23/h3-10,25H,2,24H2,1H3/b16-14-. The van der Waals surface area contributed by atoms with E-state index in [1.165, 1.54) is 18.2 Å². The van der Waals surface area contributed by atoms with E-state index in [0.29, 0.717) is 12.1 Å². The third-order valence-electron chi connectivity index (χ3n) is 3.94. The van der Waals surface area contributed by atoms with Gasteiger partial charge in [0, 0.05) is 11.3 Å². The smallest absolute Gasteiger partial charge is 0.393 e. The number of para-hydroxylation sites is 1. The molecule has 0 saturated heterocycles. The maximum Gasteiger partial charge on any atom is 0.416 e. The Morgan fingerprint density at radius 2 is 1.89 bits per heavy atom. The number of nitrogens with two attached hydrogens (primary N) is 1. The van der Waals surface area contributed by atoms with E-state index in [2.05, 4.69) is 15.5 Å². The molecule has 0 unspecified atom stereocenters. The van der Waals surface area contributed by atoms with Crippen LogP contribution in [0.4, 0.5) is 23.2 Å². The molecule has 0 amide bonds. The summed E-state index contributed by atoms with van der Waals surface area (Å²) in [6.45, 7) is 1.79. The molecule has 0 fully saturated rings. The maximum absolute atomic E-state index is 13.8. The zero-order valence-electron chi connectivity index (χ0n) is 14.7. The van der Waals surface area contributed by atoms with Crippen molar-refractivity contribution in [3.63, 3.8) is 0 Å². The van der Waals surface area contributed by atoms with Gasteiger partial charge in [0.05, 0.1) is 11.3 Å². The minimum absolute atomic E-state index is 0.0367. The number of nitrogens with one attached hydrogen (secondary N) is 1. The molecule has 0 saturated carbocycles. The zero-order chi connectivity index (χ0) is 20.3. The fourth-order valence-corrected chi connectivity index (χ4v) is 2.49. The predicted octanol–water partition coefficient (Wildman–Crippen LogP) is 5.04. The van der Waals surface area contributed by atoms with Gasteiger partial charge in [-0.05, 0) is 30.7 Å². The molecule has 2 aromatic carbocycles. The Balaban J connectivity index is 1.92. The topological polar surface area (TPSA) is 77.0 Å². The van der Waals surface area contributed by atoms with Crippen molar-refractivity contribution in [2.24, 2.45) is 5.73 Å². The number of benzene rings is 2. The fourth-order valence-electron chi connectivity index (χ4n) is 2.49. The van der Waals surface area contributed by atoms with Gasteiger partial charge in [-0.2, -0.15) is 18.2 Å². The molecule has 3 aromatic rings. The third kappa shape index (κ3) is 4.13. The average Bonchev–Trinajstić information content (AvgIpc) is 3.16. The average molecular weight is 392 g/mol. The highest BCUT2D eigenvalue weighted by atomic mass is 19.4. The molecule has 1 aromatic heterocycles. The van der Waals surface area contributed by atoms with Crippen molar-refractivity contribution in [2.45, 2.75) is 19.5 Å². The minimum Gasteiger partial charge on any atom is -0.393 e. The normalized spacial score (nSPS) is 12.6. The SMILES string of the molecule is CC/C(Nc1ccccc1F)=C(/N)c1nc(-c2cccc(C(F)(F)F)c2)no1. The molecule has 0 bridgehead atoms. The second kappa shape index (κ2) is 7.71. The van der Waals surface area contributed by atoms with Gasteiger partial charge in [-0.15, -0.1) is 0 Å². The summed E-state index contributed by atoms with van der Waals surface area (Å²) < 4.78 is 57.6. The van der Waals surface area contributed by atoms with Crippen LogP contribution in [0.1, 0.15) is 24.8 Å². The molecule has 3 rings (SSSR count). The molecule has 0 radical (unpaired) electrons. The second-order valence-electron chi connectivity index (χ2n) is 5.85. The quantitative estimate of drug-likeness (QED) is 0.595. The Morgan fingerprint density at radius 3 is 2.57 bits per heavy atom. The van der Waals surface area contributed by atoms with Crippen LogP contribution in [0.15, 0.2) is 58.8 Å². The number of rotatable bonds is 5. The second-order valence-corrected chi connectivity index (χ2v) is 5.85. The Kier molecular flexibility index (Phi) is 5.34. The Bertz CT molecular complexity index is 1010. The molecule has 0 aliphatic rings. The number of halogens is 4. The predicted molar refractivity (Wildman–Crippen MR) is 96.2 cm³/mol. The van der Waals surface area contributed by atoms with Crippen LogP contribution < -0.4 is 11.1 Å². The lowest BCUT2D eigenvalue weighted by Gasteiger charge is -2.11. The summed E-state index contributed by atoms with van der Waals surface area (Å²) in [6.07, 6.45) is -4.08. The van der Waals surface area contributed by atoms with Crippen molar-refractivity contribution in [3.05, 3.63) is 71.5 Å². The first-order chi connectivity index (χ1) is 13.3. The summed E-state index contributed by atoms with van der Waals surface area (Å²) in [4.78, 5) is 4.07. The van der Waals surface area contributed by atoms with Crippen molar-refractivity contribution >= 4 is 11.4 Å². The van der Waals surface area contributed by atoms with Gasteiger partial charge < -0.3 is 15.6 Å². The lowest BCUT2D eigenvalue weighted by atomic mass is 10.1. The van der Waals surface area contributed by atoms with Crippen molar-refractivity contribution in [2.75, 3.05) is 5.32 Å². The molecule has 0 aliphatic carbocycles. The molecule has 0 spiro atoms. The van der Waals surface area contributed by atoms with Gasteiger partial charge in [0.25, 0.3) is 5.89 Å². The number of hydrogen-bond acceptors (Lipinski definition) is 5. The van der Waals surface area contributed by atoms with E-state index in [-0.39, 0.29) is 28.7 Å².